The van der Waals surface area contributed by atoms with E-state index in [4.69, 9.17) is 9.47 Å². The highest BCUT2D eigenvalue weighted by Gasteiger charge is 2.49. The molecule has 1 heterocycles. The van der Waals surface area contributed by atoms with Gasteiger partial charge in [0.1, 0.15) is 12.1 Å². The quantitative estimate of drug-likeness (QED) is 0.600. The summed E-state index contributed by atoms with van der Waals surface area (Å²) >= 11 is 0. The van der Waals surface area contributed by atoms with Crippen molar-refractivity contribution in [3.05, 3.63) is 53.1 Å². The van der Waals surface area contributed by atoms with E-state index in [1.54, 1.807) is 25.1 Å². The number of hydrogen-bond acceptors (Lipinski definition) is 5. The second kappa shape index (κ2) is 9.13. The summed E-state index contributed by atoms with van der Waals surface area (Å²) in [7, 11) is 0. The van der Waals surface area contributed by atoms with E-state index in [9.17, 15) is 14.4 Å². The van der Waals surface area contributed by atoms with Gasteiger partial charge in [0, 0.05) is 11.8 Å². The van der Waals surface area contributed by atoms with Crippen LogP contribution in [0.5, 0.6) is 11.5 Å². The molecular weight excluding hydrogens is 422 g/mol. The molecule has 2 aliphatic rings. The van der Waals surface area contributed by atoms with Gasteiger partial charge in [-0.25, -0.2) is 4.79 Å². The van der Waals surface area contributed by atoms with Crippen molar-refractivity contribution >= 4 is 23.5 Å². The highest BCUT2D eigenvalue weighted by atomic mass is 16.5. The van der Waals surface area contributed by atoms with Gasteiger partial charge in [-0.15, -0.1) is 0 Å². The molecule has 1 atom stereocenters. The molecule has 33 heavy (non-hydrogen) atoms. The van der Waals surface area contributed by atoms with Crippen LogP contribution in [0.2, 0.25) is 0 Å². The van der Waals surface area contributed by atoms with Crippen molar-refractivity contribution < 1.29 is 23.9 Å². The fourth-order valence-corrected chi connectivity index (χ4v) is 4.39. The summed E-state index contributed by atoms with van der Waals surface area (Å²) < 4.78 is 11.1. The molecule has 1 fully saturated rings. The van der Waals surface area contributed by atoms with Crippen LogP contribution in [0.25, 0.3) is 0 Å². The van der Waals surface area contributed by atoms with Gasteiger partial charge < -0.3 is 20.1 Å². The monoisotopic (exact) mass is 451 g/mol. The summed E-state index contributed by atoms with van der Waals surface area (Å²) in [5.74, 6) is 0.165. The molecule has 0 bridgehead atoms. The van der Waals surface area contributed by atoms with E-state index >= 15 is 0 Å². The first-order valence-corrected chi connectivity index (χ1v) is 11.3. The van der Waals surface area contributed by atoms with E-state index < -0.39 is 23.4 Å². The summed E-state index contributed by atoms with van der Waals surface area (Å²) in [6.45, 7) is 5.96. The van der Waals surface area contributed by atoms with Crippen LogP contribution in [-0.2, 0) is 28.0 Å². The van der Waals surface area contributed by atoms with Crippen molar-refractivity contribution in [2.75, 3.05) is 25.1 Å². The maximum Gasteiger partial charge on any atom is 0.325 e. The summed E-state index contributed by atoms with van der Waals surface area (Å²) in [5.41, 5.74) is 2.53. The van der Waals surface area contributed by atoms with Gasteiger partial charge >= 0.3 is 6.03 Å². The highest BCUT2D eigenvalue weighted by Crippen LogP contribution is 2.33. The summed E-state index contributed by atoms with van der Waals surface area (Å²) in [6, 6.07) is 10.4. The fourth-order valence-electron chi connectivity index (χ4n) is 4.39. The van der Waals surface area contributed by atoms with Gasteiger partial charge in [0.15, 0.2) is 11.5 Å². The number of benzene rings is 2. The predicted molar refractivity (Wildman–Crippen MR) is 123 cm³/mol. The van der Waals surface area contributed by atoms with Crippen LogP contribution in [0, 0.1) is 0 Å². The molecule has 4 rings (SSSR count). The van der Waals surface area contributed by atoms with Gasteiger partial charge in [-0.05, 0) is 68.9 Å². The number of nitrogens with zero attached hydrogens (tertiary/aromatic N) is 1. The average molecular weight is 452 g/mol. The number of aryl methyl sites for hydroxylation is 2. The second-order valence-electron chi connectivity index (χ2n) is 8.36. The minimum absolute atomic E-state index is 0.387. The number of amides is 4. The lowest BCUT2D eigenvalue weighted by molar-refractivity contribution is -0.133. The lowest BCUT2D eigenvalue weighted by atomic mass is 9.89. The largest absolute Gasteiger partial charge is 0.490 e. The van der Waals surface area contributed by atoms with Crippen molar-refractivity contribution in [3.8, 4) is 11.5 Å². The van der Waals surface area contributed by atoms with Crippen LogP contribution in [0.3, 0.4) is 0 Å². The van der Waals surface area contributed by atoms with E-state index in [1.807, 2.05) is 32.0 Å². The molecule has 2 aromatic rings. The zero-order chi connectivity index (χ0) is 23.6. The number of ether oxygens (including phenoxy) is 2. The first-order chi connectivity index (χ1) is 15.9. The zero-order valence-corrected chi connectivity index (χ0v) is 19.2. The minimum atomic E-state index is -1.20. The molecule has 0 aromatic heterocycles. The van der Waals surface area contributed by atoms with Crippen molar-refractivity contribution in [3.63, 3.8) is 0 Å². The predicted octanol–water partition coefficient (Wildman–Crippen LogP) is 3.38. The number of anilines is 1. The molecule has 8 heteroatoms. The standard InChI is InChI=1S/C25H29N3O5/c1-4-32-20-12-11-19(14-21(20)33-5-2)26-22(29)15-28-23(30)25(3,27-24(28)31)18-10-9-16-7-6-8-17(16)13-18/h9-14H,4-8,15H2,1-3H3,(H,26,29)(H,27,31). The maximum atomic E-state index is 13.2. The number of nitrogens with one attached hydrogen (secondary N) is 2. The zero-order valence-electron chi connectivity index (χ0n) is 19.2. The van der Waals surface area contributed by atoms with Crippen LogP contribution in [-0.4, -0.2) is 42.5 Å². The van der Waals surface area contributed by atoms with E-state index in [0.717, 1.165) is 29.7 Å². The lowest BCUT2D eigenvalue weighted by Crippen LogP contribution is -2.42. The molecule has 0 radical (unpaired) electrons. The third-order valence-corrected chi connectivity index (χ3v) is 6.08. The number of rotatable bonds is 8. The Morgan fingerprint density at radius 1 is 1.03 bits per heavy atom. The third kappa shape index (κ3) is 4.37. The normalized spacial score (nSPS) is 19.3. The van der Waals surface area contributed by atoms with Gasteiger partial charge in [-0.3, -0.25) is 14.5 Å². The van der Waals surface area contributed by atoms with Crippen molar-refractivity contribution in [1.29, 1.82) is 0 Å². The number of carbonyl (C=O) groups excluding carboxylic acids is 3. The van der Waals surface area contributed by atoms with Gasteiger partial charge in [-0.1, -0.05) is 18.2 Å². The first kappa shape index (κ1) is 22.6. The van der Waals surface area contributed by atoms with E-state index in [0.29, 0.717) is 30.4 Å². The fraction of sp³-hybridized carbons (Fsp3) is 0.400. The molecule has 1 aliphatic carbocycles. The van der Waals surface area contributed by atoms with Crippen molar-refractivity contribution in [2.45, 2.75) is 45.6 Å². The Bertz CT molecular complexity index is 1100. The summed E-state index contributed by atoms with van der Waals surface area (Å²) in [5, 5.41) is 5.51. The third-order valence-electron chi connectivity index (χ3n) is 6.08. The molecule has 1 saturated heterocycles. The lowest BCUT2D eigenvalue weighted by Gasteiger charge is -2.23. The second-order valence-corrected chi connectivity index (χ2v) is 8.36. The Morgan fingerprint density at radius 2 is 1.76 bits per heavy atom. The minimum Gasteiger partial charge on any atom is -0.490 e. The summed E-state index contributed by atoms with van der Waals surface area (Å²) in [6.07, 6.45) is 3.10. The van der Waals surface area contributed by atoms with Crippen LogP contribution >= 0.6 is 0 Å². The molecule has 2 N–H and O–H groups in total. The SMILES string of the molecule is CCOc1ccc(NC(=O)CN2C(=O)NC(C)(c3ccc4c(c3)CCC4)C2=O)cc1OCC. The van der Waals surface area contributed by atoms with Crippen LogP contribution in [0.4, 0.5) is 10.5 Å². The Hall–Kier alpha value is -3.55. The molecular formula is C25H29N3O5. The maximum absolute atomic E-state index is 13.2. The number of carbonyl (C=O) groups is 3. The van der Waals surface area contributed by atoms with E-state index in [1.165, 1.54) is 11.1 Å². The molecule has 0 saturated carbocycles. The van der Waals surface area contributed by atoms with Gasteiger partial charge in [0.05, 0.1) is 13.2 Å². The molecule has 2 aromatic carbocycles. The molecule has 174 valence electrons. The van der Waals surface area contributed by atoms with Crippen LogP contribution in [0.1, 0.15) is 43.9 Å². The molecule has 4 amide bonds. The van der Waals surface area contributed by atoms with Crippen molar-refractivity contribution in [1.82, 2.24) is 10.2 Å². The topological polar surface area (TPSA) is 97.0 Å². The van der Waals surface area contributed by atoms with E-state index in [-0.39, 0.29) is 6.54 Å². The van der Waals surface area contributed by atoms with Gasteiger partial charge in [0.25, 0.3) is 5.91 Å². The number of urea groups is 1. The van der Waals surface area contributed by atoms with Crippen LogP contribution in [0.15, 0.2) is 36.4 Å². The molecule has 0 spiro atoms. The smallest absolute Gasteiger partial charge is 0.325 e. The van der Waals surface area contributed by atoms with E-state index in [2.05, 4.69) is 10.6 Å². The van der Waals surface area contributed by atoms with Gasteiger partial charge in [0.2, 0.25) is 5.91 Å². The average Bonchev–Trinajstić information content (AvgIpc) is 3.34. The molecule has 8 nitrogen and oxygen atoms in total. The number of hydrogen-bond donors (Lipinski definition) is 2. The number of fused-ring (bicyclic) bond motifs is 1. The molecule has 1 aliphatic heterocycles. The Balaban J connectivity index is 1.47. The molecule has 1 unspecified atom stereocenters. The highest BCUT2D eigenvalue weighted by molar-refractivity contribution is 6.10. The first-order valence-electron chi connectivity index (χ1n) is 11.3. The summed E-state index contributed by atoms with van der Waals surface area (Å²) in [4.78, 5) is 39.5. The number of imide groups is 1. The van der Waals surface area contributed by atoms with Crippen LogP contribution < -0.4 is 20.1 Å². The van der Waals surface area contributed by atoms with Gasteiger partial charge in [-0.2, -0.15) is 0 Å². The van der Waals surface area contributed by atoms with Crippen molar-refractivity contribution in [2.24, 2.45) is 0 Å². The Labute approximate surface area is 193 Å². The Kier molecular flexibility index (Phi) is 6.26. The Morgan fingerprint density at radius 3 is 2.52 bits per heavy atom.